The average Bonchev–Trinajstić information content (AvgIpc) is 3.12. The molecule has 1 aliphatic carbocycles. The fourth-order valence-electron chi connectivity index (χ4n) is 1.82. The maximum Gasteiger partial charge on any atom is 0.127 e. The van der Waals surface area contributed by atoms with Gasteiger partial charge in [0.15, 0.2) is 0 Å². The standard InChI is InChI=1S/C15H24N2O/c1-11(2)7-16-8-14-9-17-12(3)6-15(14)18-10-13-4-5-13/h6,9,11,13,16H,4-5,7-8,10H2,1-3H3. The third kappa shape index (κ3) is 4.30. The summed E-state index contributed by atoms with van der Waals surface area (Å²) >= 11 is 0. The van der Waals surface area contributed by atoms with Gasteiger partial charge >= 0.3 is 0 Å². The van der Waals surface area contributed by atoms with Gasteiger partial charge in [-0.3, -0.25) is 4.98 Å². The second kappa shape index (κ2) is 6.19. The minimum atomic E-state index is 0.666. The van der Waals surface area contributed by atoms with Crippen LogP contribution in [0.5, 0.6) is 5.75 Å². The van der Waals surface area contributed by atoms with E-state index in [9.17, 15) is 0 Å². The van der Waals surface area contributed by atoms with E-state index in [-0.39, 0.29) is 0 Å². The summed E-state index contributed by atoms with van der Waals surface area (Å²) in [7, 11) is 0. The van der Waals surface area contributed by atoms with E-state index in [1.807, 2.05) is 13.1 Å². The van der Waals surface area contributed by atoms with Crippen LogP contribution in [-0.4, -0.2) is 18.1 Å². The van der Waals surface area contributed by atoms with Gasteiger partial charge < -0.3 is 10.1 Å². The molecule has 0 bridgehead atoms. The molecule has 2 rings (SSSR count). The average molecular weight is 248 g/mol. The predicted octanol–water partition coefficient (Wildman–Crippen LogP) is 2.92. The Hall–Kier alpha value is -1.09. The van der Waals surface area contributed by atoms with Crippen LogP contribution >= 0.6 is 0 Å². The second-order valence-electron chi connectivity index (χ2n) is 5.71. The molecule has 1 saturated carbocycles. The van der Waals surface area contributed by atoms with E-state index < -0.39 is 0 Å². The summed E-state index contributed by atoms with van der Waals surface area (Å²) in [6.45, 7) is 9.16. The molecule has 3 nitrogen and oxygen atoms in total. The van der Waals surface area contributed by atoms with Crippen molar-refractivity contribution in [3.63, 3.8) is 0 Å². The number of aryl methyl sites for hydroxylation is 1. The van der Waals surface area contributed by atoms with Gasteiger partial charge in [0, 0.05) is 30.1 Å². The number of rotatable bonds is 7. The fraction of sp³-hybridized carbons (Fsp3) is 0.667. The highest BCUT2D eigenvalue weighted by molar-refractivity contribution is 5.32. The minimum Gasteiger partial charge on any atom is -0.493 e. The molecule has 1 aromatic rings. The van der Waals surface area contributed by atoms with Gasteiger partial charge in [0.25, 0.3) is 0 Å². The Morgan fingerprint density at radius 2 is 2.22 bits per heavy atom. The maximum atomic E-state index is 5.92. The van der Waals surface area contributed by atoms with Crippen LogP contribution in [0, 0.1) is 18.8 Å². The van der Waals surface area contributed by atoms with Gasteiger partial charge in [-0.05, 0) is 38.1 Å². The number of hydrogen-bond donors (Lipinski definition) is 1. The Bertz CT molecular complexity index is 386. The summed E-state index contributed by atoms with van der Waals surface area (Å²) in [4.78, 5) is 4.36. The van der Waals surface area contributed by atoms with E-state index in [1.165, 1.54) is 18.4 Å². The van der Waals surface area contributed by atoms with Crippen molar-refractivity contribution in [2.24, 2.45) is 11.8 Å². The third-order valence-corrected chi connectivity index (χ3v) is 3.12. The Balaban J connectivity index is 1.93. The fourth-order valence-corrected chi connectivity index (χ4v) is 1.82. The molecular weight excluding hydrogens is 224 g/mol. The van der Waals surface area contributed by atoms with E-state index in [0.29, 0.717) is 5.92 Å². The topological polar surface area (TPSA) is 34.1 Å². The van der Waals surface area contributed by atoms with E-state index in [0.717, 1.165) is 37.1 Å². The number of nitrogens with one attached hydrogen (secondary N) is 1. The zero-order valence-electron chi connectivity index (χ0n) is 11.7. The molecule has 3 heteroatoms. The molecule has 0 spiro atoms. The van der Waals surface area contributed by atoms with Crippen LogP contribution in [0.2, 0.25) is 0 Å². The largest absolute Gasteiger partial charge is 0.493 e. The molecule has 0 amide bonds. The Morgan fingerprint density at radius 1 is 1.44 bits per heavy atom. The van der Waals surface area contributed by atoms with Gasteiger partial charge in [0.05, 0.1) is 6.61 Å². The highest BCUT2D eigenvalue weighted by Gasteiger charge is 2.22. The second-order valence-corrected chi connectivity index (χ2v) is 5.71. The third-order valence-electron chi connectivity index (χ3n) is 3.12. The van der Waals surface area contributed by atoms with Crippen LogP contribution in [0.15, 0.2) is 12.3 Å². The van der Waals surface area contributed by atoms with E-state index >= 15 is 0 Å². The molecule has 1 fully saturated rings. The molecule has 0 radical (unpaired) electrons. The van der Waals surface area contributed by atoms with Gasteiger partial charge in [-0.15, -0.1) is 0 Å². The summed E-state index contributed by atoms with van der Waals surface area (Å²) in [6.07, 6.45) is 4.58. The first-order chi connectivity index (χ1) is 8.65. The molecule has 100 valence electrons. The van der Waals surface area contributed by atoms with Gasteiger partial charge in [0.2, 0.25) is 0 Å². The van der Waals surface area contributed by atoms with Crippen molar-refractivity contribution in [1.29, 1.82) is 0 Å². The molecule has 0 atom stereocenters. The van der Waals surface area contributed by atoms with Crippen LogP contribution in [0.4, 0.5) is 0 Å². The molecule has 18 heavy (non-hydrogen) atoms. The lowest BCUT2D eigenvalue weighted by Crippen LogP contribution is -2.19. The van der Waals surface area contributed by atoms with Crippen molar-refractivity contribution < 1.29 is 4.74 Å². The van der Waals surface area contributed by atoms with Gasteiger partial charge in [0.1, 0.15) is 5.75 Å². The van der Waals surface area contributed by atoms with Crippen molar-refractivity contribution in [1.82, 2.24) is 10.3 Å². The van der Waals surface area contributed by atoms with Crippen LogP contribution in [0.1, 0.15) is 37.9 Å². The zero-order chi connectivity index (χ0) is 13.0. The van der Waals surface area contributed by atoms with Crippen molar-refractivity contribution >= 4 is 0 Å². The highest BCUT2D eigenvalue weighted by Crippen LogP contribution is 2.30. The number of aromatic nitrogens is 1. The Kier molecular flexibility index (Phi) is 4.59. The first-order valence-corrected chi connectivity index (χ1v) is 6.94. The maximum absolute atomic E-state index is 5.92. The lowest BCUT2D eigenvalue weighted by molar-refractivity contribution is 0.295. The summed E-state index contributed by atoms with van der Waals surface area (Å²) in [5.74, 6) is 2.46. The summed E-state index contributed by atoms with van der Waals surface area (Å²) < 4.78 is 5.92. The van der Waals surface area contributed by atoms with Crippen LogP contribution < -0.4 is 10.1 Å². The van der Waals surface area contributed by atoms with Gasteiger partial charge in [-0.1, -0.05) is 13.8 Å². The Morgan fingerprint density at radius 3 is 2.89 bits per heavy atom. The lowest BCUT2D eigenvalue weighted by Gasteiger charge is -2.13. The van der Waals surface area contributed by atoms with Gasteiger partial charge in [-0.2, -0.15) is 0 Å². The molecule has 1 aromatic heterocycles. The molecule has 0 unspecified atom stereocenters. The summed E-state index contributed by atoms with van der Waals surface area (Å²) in [6, 6.07) is 2.05. The first kappa shape index (κ1) is 13.3. The number of nitrogens with zero attached hydrogens (tertiary/aromatic N) is 1. The van der Waals surface area contributed by atoms with Gasteiger partial charge in [-0.25, -0.2) is 0 Å². The quantitative estimate of drug-likeness (QED) is 0.805. The lowest BCUT2D eigenvalue weighted by atomic mass is 10.2. The summed E-state index contributed by atoms with van der Waals surface area (Å²) in [5, 5.41) is 3.44. The van der Waals surface area contributed by atoms with Crippen LogP contribution in [0.25, 0.3) is 0 Å². The molecule has 0 aromatic carbocycles. The zero-order valence-corrected chi connectivity index (χ0v) is 11.7. The minimum absolute atomic E-state index is 0.666. The first-order valence-electron chi connectivity index (χ1n) is 6.94. The Labute approximate surface area is 110 Å². The molecule has 0 aliphatic heterocycles. The summed E-state index contributed by atoms with van der Waals surface area (Å²) in [5.41, 5.74) is 2.19. The SMILES string of the molecule is Cc1cc(OCC2CC2)c(CNCC(C)C)cn1. The highest BCUT2D eigenvalue weighted by atomic mass is 16.5. The molecule has 0 saturated heterocycles. The van der Waals surface area contributed by atoms with Crippen LogP contribution in [-0.2, 0) is 6.54 Å². The number of hydrogen-bond acceptors (Lipinski definition) is 3. The molecule has 1 aliphatic rings. The van der Waals surface area contributed by atoms with E-state index in [4.69, 9.17) is 4.74 Å². The van der Waals surface area contributed by atoms with Crippen molar-refractivity contribution in [3.05, 3.63) is 23.5 Å². The number of ether oxygens (including phenoxy) is 1. The monoisotopic (exact) mass is 248 g/mol. The van der Waals surface area contributed by atoms with E-state index in [1.54, 1.807) is 0 Å². The van der Waals surface area contributed by atoms with Crippen LogP contribution in [0.3, 0.4) is 0 Å². The van der Waals surface area contributed by atoms with Crippen molar-refractivity contribution in [2.75, 3.05) is 13.2 Å². The van der Waals surface area contributed by atoms with Crippen molar-refractivity contribution in [3.8, 4) is 5.75 Å². The normalized spacial score (nSPS) is 15.1. The molecule has 1 N–H and O–H groups in total. The predicted molar refractivity (Wildman–Crippen MR) is 73.7 cm³/mol. The molecular formula is C15H24N2O. The smallest absolute Gasteiger partial charge is 0.127 e. The van der Waals surface area contributed by atoms with Crippen molar-refractivity contribution in [2.45, 2.75) is 40.2 Å². The van der Waals surface area contributed by atoms with E-state index in [2.05, 4.69) is 30.2 Å². The number of pyridine rings is 1. The molecule has 1 heterocycles.